The van der Waals surface area contributed by atoms with Gasteiger partial charge in [-0.2, -0.15) is 0 Å². The van der Waals surface area contributed by atoms with Gasteiger partial charge in [0.15, 0.2) is 0 Å². The number of esters is 1. The lowest BCUT2D eigenvalue weighted by molar-refractivity contribution is -0.143. The molecular formula is C62H119NO5. The van der Waals surface area contributed by atoms with E-state index in [-0.39, 0.29) is 18.5 Å². The number of aliphatic hydroxyl groups is 2. The molecule has 0 aromatic carbocycles. The average Bonchev–Trinajstić information content (AvgIpc) is 3.34. The molecular weight excluding hydrogens is 839 g/mol. The monoisotopic (exact) mass is 958 g/mol. The molecule has 1 amide bonds. The van der Waals surface area contributed by atoms with Crippen molar-refractivity contribution in [2.75, 3.05) is 13.2 Å². The Labute approximate surface area is 424 Å². The fourth-order valence-corrected chi connectivity index (χ4v) is 9.51. The molecule has 68 heavy (non-hydrogen) atoms. The molecule has 3 N–H and O–H groups in total. The summed E-state index contributed by atoms with van der Waals surface area (Å²) in [4.78, 5) is 24.4. The maximum atomic E-state index is 12.4. The van der Waals surface area contributed by atoms with Crippen LogP contribution >= 0.6 is 0 Å². The van der Waals surface area contributed by atoms with Crippen molar-refractivity contribution in [3.63, 3.8) is 0 Å². The minimum Gasteiger partial charge on any atom is -0.466 e. The minimum atomic E-state index is -0.843. The average molecular weight is 959 g/mol. The first kappa shape index (κ1) is 66.3. The van der Waals surface area contributed by atoms with Gasteiger partial charge in [0.2, 0.25) is 5.91 Å². The Hall–Kier alpha value is -1.66. The van der Waals surface area contributed by atoms with E-state index in [2.05, 4.69) is 31.3 Å². The van der Waals surface area contributed by atoms with Gasteiger partial charge in [-0.15, -0.1) is 0 Å². The lowest BCUT2D eigenvalue weighted by Gasteiger charge is -2.20. The molecule has 2 unspecified atom stereocenters. The van der Waals surface area contributed by atoms with Crippen LogP contribution in [0.3, 0.4) is 0 Å². The van der Waals surface area contributed by atoms with Gasteiger partial charge < -0.3 is 20.3 Å². The van der Waals surface area contributed by atoms with E-state index in [9.17, 15) is 19.8 Å². The van der Waals surface area contributed by atoms with E-state index in [0.29, 0.717) is 19.4 Å². The Morgan fingerprint density at radius 1 is 0.397 bits per heavy atom. The summed E-state index contributed by atoms with van der Waals surface area (Å²) >= 11 is 0. The molecule has 0 saturated heterocycles. The third-order valence-corrected chi connectivity index (χ3v) is 14.2. The molecule has 0 aliphatic heterocycles. The van der Waals surface area contributed by atoms with Crippen LogP contribution in [0.25, 0.3) is 0 Å². The highest BCUT2D eigenvalue weighted by Gasteiger charge is 2.18. The second kappa shape index (κ2) is 57.9. The van der Waals surface area contributed by atoms with E-state index in [1.165, 1.54) is 270 Å². The van der Waals surface area contributed by atoms with Crippen molar-refractivity contribution in [2.24, 2.45) is 0 Å². The smallest absolute Gasteiger partial charge is 0.305 e. The molecule has 402 valence electrons. The SMILES string of the molecule is CCCCCCCCCCCC/C=C/C(O)C(CO)NC(=O)CCCCCCCCCCCCC/C=C\CCCCCCCCCCCCCCOC(=O)CCCCCCCCCCCCCC. The van der Waals surface area contributed by atoms with Crippen LogP contribution in [0.2, 0.25) is 0 Å². The van der Waals surface area contributed by atoms with Crippen molar-refractivity contribution in [3.05, 3.63) is 24.3 Å². The normalized spacial score (nSPS) is 12.7. The van der Waals surface area contributed by atoms with Crippen LogP contribution in [-0.4, -0.2) is 47.4 Å². The van der Waals surface area contributed by atoms with Gasteiger partial charge in [-0.25, -0.2) is 0 Å². The van der Waals surface area contributed by atoms with Crippen molar-refractivity contribution in [1.29, 1.82) is 0 Å². The first-order valence-electron chi connectivity index (χ1n) is 30.6. The molecule has 6 heteroatoms. The summed E-state index contributed by atoms with van der Waals surface area (Å²) in [5.41, 5.74) is 0. The second-order valence-electron chi connectivity index (χ2n) is 21.0. The molecule has 0 radical (unpaired) electrons. The number of nitrogens with one attached hydrogen (secondary N) is 1. The van der Waals surface area contributed by atoms with Gasteiger partial charge in [-0.3, -0.25) is 9.59 Å². The maximum absolute atomic E-state index is 12.4. The molecule has 0 aromatic rings. The number of rotatable bonds is 57. The van der Waals surface area contributed by atoms with Gasteiger partial charge in [-0.1, -0.05) is 289 Å². The van der Waals surface area contributed by atoms with E-state index in [1.54, 1.807) is 6.08 Å². The molecule has 0 aliphatic carbocycles. The molecule has 0 fully saturated rings. The summed E-state index contributed by atoms with van der Waals surface area (Å²) in [7, 11) is 0. The molecule has 0 rings (SSSR count). The number of unbranched alkanes of at least 4 members (excludes halogenated alkanes) is 44. The number of carbonyl (C=O) groups is 2. The summed E-state index contributed by atoms with van der Waals surface area (Å²) < 4.78 is 5.47. The molecule has 0 bridgehead atoms. The molecule has 0 aromatic heterocycles. The molecule has 0 saturated carbocycles. The van der Waals surface area contributed by atoms with Crippen molar-refractivity contribution >= 4 is 11.9 Å². The number of hydrogen-bond donors (Lipinski definition) is 3. The largest absolute Gasteiger partial charge is 0.466 e. The Morgan fingerprint density at radius 2 is 0.691 bits per heavy atom. The third-order valence-electron chi connectivity index (χ3n) is 14.2. The number of carbonyl (C=O) groups excluding carboxylic acids is 2. The van der Waals surface area contributed by atoms with E-state index < -0.39 is 12.1 Å². The van der Waals surface area contributed by atoms with Gasteiger partial charge in [-0.05, 0) is 57.8 Å². The van der Waals surface area contributed by atoms with Crippen LogP contribution in [0.15, 0.2) is 24.3 Å². The lowest BCUT2D eigenvalue weighted by Crippen LogP contribution is -2.45. The zero-order valence-electron chi connectivity index (χ0n) is 45.9. The van der Waals surface area contributed by atoms with E-state index in [1.807, 2.05) is 6.08 Å². The Balaban J connectivity index is 3.38. The maximum Gasteiger partial charge on any atom is 0.305 e. The minimum absolute atomic E-state index is 0.0155. The first-order valence-corrected chi connectivity index (χ1v) is 30.6. The molecule has 0 aliphatic rings. The number of hydrogen-bond acceptors (Lipinski definition) is 5. The Kier molecular flexibility index (Phi) is 56.5. The topological polar surface area (TPSA) is 95.9 Å². The predicted molar refractivity (Wildman–Crippen MR) is 296 cm³/mol. The summed E-state index contributed by atoms with van der Waals surface area (Å²) in [5, 5.41) is 23.0. The van der Waals surface area contributed by atoms with Gasteiger partial charge in [0.25, 0.3) is 0 Å². The van der Waals surface area contributed by atoms with Crippen LogP contribution < -0.4 is 5.32 Å². The van der Waals surface area contributed by atoms with E-state index in [4.69, 9.17) is 4.74 Å². The van der Waals surface area contributed by atoms with Crippen molar-refractivity contribution in [3.8, 4) is 0 Å². The number of aliphatic hydroxyl groups excluding tert-OH is 2. The predicted octanol–water partition coefficient (Wildman–Crippen LogP) is 19.0. The molecule has 2 atom stereocenters. The highest BCUT2D eigenvalue weighted by Crippen LogP contribution is 2.17. The van der Waals surface area contributed by atoms with Crippen LogP contribution in [0.1, 0.15) is 335 Å². The number of allylic oxidation sites excluding steroid dienone is 3. The number of amides is 1. The Bertz CT molecular complexity index is 1060. The highest BCUT2D eigenvalue weighted by atomic mass is 16.5. The van der Waals surface area contributed by atoms with Crippen molar-refractivity contribution < 1.29 is 24.5 Å². The van der Waals surface area contributed by atoms with Gasteiger partial charge in [0.05, 0.1) is 25.4 Å². The fourth-order valence-electron chi connectivity index (χ4n) is 9.51. The zero-order chi connectivity index (χ0) is 49.3. The summed E-state index contributed by atoms with van der Waals surface area (Å²) in [5.74, 6) is -0.0531. The zero-order valence-corrected chi connectivity index (χ0v) is 45.9. The second-order valence-corrected chi connectivity index (χ2v) is 21.0. The molecule has 0 heterocycles. The lowest BCUT2D eigenvalue weighted by atomic mass is 10.0. The van der Waals surface area contributed by atoms with E-state index >= 15 is 0 Å². The van der Waals surface area contributed by atoms with Crippen molar-refractivity contribution in [2.45, 2.75) is 347 Å². The summed E-state index contributed by atoms with van der Waals surface area (Å²) in [6, 6.07) is -0.627. The number of ether oxygens (including phenoxy) is 1. The van der Waals surface area contributed by atoms with Crippen molar-refractivity contribution in [1.82, 2.24) is 5.32 Å². The van der Waals surface area contributed by atoms with Gasteiger partial charge >= 0.3 is 5.97 Å². The molecule has 6 nitrogen and oxygen atoms in total. The fraction of sp³-hybridized carbons (Fsp3) is 0.903. The Morgan fingerprint density at radius 3 is 1.04 bits per heavy atom. The standard InChI is InChI=1S/C62H119NO5/c1-3-5-7-9-11-13-15-34-38-42-46-50-54-60(65)59(58-64)63-61(66)55-51-47-43-39-35-32-30-28-26-24-22-20-18-17-19-21-23-25-27-29-31-33-37-41-45-49-53-57-68-62(67)56-52-48-44-40-36-16-14-12-10-8-6-4-2/h17-18,50,54,59-60,64-65H,3-16,19-49,51-53,55-58H2,1-2H3,(H,63,66)/b18-17-,54-50+. The van der Waals surface area contributed by atoms with Crippen LogP contribution in [0.4, 0.5) is 0 Å². The first-order chi connectivity index (χ1) is 33.5. The van der Waals surface area contributed by atoms with Gasteiger partial charge in [0, 0.05) is 12.8 Å². The summed E-state index contributed by atoms with van der Waals surface area (Å²) in [6.45, 7) is 4.91. The van der Waals surface area contributed by atoms with Crippen LogP contribution in [0.5, 0.6) is 0 Å². The van der Waals surface area contributed by atoms with Gasteiger partial charge in [0.1, 0.15) is 0 Å². The summed E-state index contributed by atoms with van der Waals surface area (Å²) in [6.07, 6.45) is 70.8. The quantitative estimate of drug-likeness (QED) is 0.0321. The molecule has 0 spiro atoms. The van der Waals surface area contributed by atoms with Crippen LogP contribution in [-0.2, 0) is 14.3 Å². The highest BCUT2D eigenvalue weighted by molar-refractivity contribution is 5.76. The van der Waals surface area contributed by atoms with Crippen LogP contribution in [0, 0.1) is 0 Å². The third kappa shape index (κ3) is 53.7. The van der Waals surface area contributed by atoms with E-state index in [0.717, 1.165) is 38.5 Å².